The highest BCUT2D eigenvalue weighted by atomic mass is 32.1. The average Bonchev–Trinajstić information content (AvgIpc) is 1.66. The van der Waals surface area contributed by atoms with Crippen molar-refractivity contribution in [2.75, 3.05) is 26.4 Å². The molecule has 2 atom stereocenters. The van der Waals surface area contributed by atoms with Crippen LogP contribution in [0.5, 0.6) is 11.5 Å². The lowest BCUT2D eigenvalue weighted by molar-refractivity contribution is 0.0536. The van der Waals surface area contributed by atoms with Crippen LogP contribution in [0.3, 0.4) is 0 Å². The van der Waals surface area contributed by atoms with Crippen LogP contribution in [0.4, 0.5) is 0 Å². The van der Waals surface area contributed by atoms with Gasteiger partial charge >= 0.3 is 0 Å². The monoisotopic (exact) mass is 1390 g/mol. The van der Waals surface area contributed by atoms with E-state index in [2.05, 4.69) is 123 Å². The number of aliphatic hydroxyl groups excluding tert-OH is 4. The first-order valence-electron chi connectivity index (χ1n) is 37.0. The van der Waals surface area contributed by atoms with Crippen LogP contribution in [-0.2, 0) is 25.7 Å². The summed E-state index contributed by atoms with van der Waals surface area (Å²) in [4.78, 5) is 16.7. The fourth-order valence-electron chi connectivity index (χ4n) is 12.7. The minimum Gasteiger partial charge on any atom is -0.491 e. The van der Waals surface area contributed by atoms with Crippen LogP contribution in [0.1, 0.15) is 255 Å². The molecule has 0 aliphatic carbocycles. The standard InChI is InChI=1S/C82H114O6S6/c1-5-9-13-17-21-25-29-33-37-63-53-75(91-81(63)77-55-65(39-35-31-27-23-19-15-11-7-3)79(93-77)73-51-49-71(89-73)61-41-45-69(46-42-61)87-59-67(85)57-83)76-54-64(38-34-30-26-22-18-14-10-6-2)82(92-76)78-56-66(40-36-32-28-24-20-16-12-8-4)80(94-78)74-52-50-72(90-74)62-43-47-70(48-44-62)88-60-68(86)58-84/h41-56,67-68,83-86H,5-40,57-60H2,1-4H3. The highest BCUT2D eigenvalue weighted by molar-refractivity contribution is 7.31. The quantitative estimate of drug-likeness (QED) is 0.0284. The molecule has 514 valence electrons. The molecule has 0 aliphatic rings. The zero-order valence-electron chi connectivity index (χ0n) is 57.7. The molecule has 4 N–H and O–H groups in total. The van der Waals surface area contributed by atoms with Gasteiger partial charge in [0.25, 0.3) is 0 Å². The average molecular weight is 1390 g/mol. The number of ether oxygens (including phenoxy) is 2. The molecular formula is C82H114O6S6. The molecule has 0 saturated heterocycles. The number of unbranched alkanes of at least 4 members (excludes halogenated alkanes) is 28. The lowest BCUT2D eigenvalue weighted by Gasteiger charge is -2.10. The Balaban J connectivity index is 1.14. The van der Waals surface area contributed by atoms with Gasteiger partial charge in [0.2, 0.25) is 0 Å². The van der Waals surface area contributed by atoms with E-state index in [0.717, 1.165) is 36.8 Å². The zero-order valence-corrected chi connectivity index (χ0v) is 62.6. The fourth-order valence-corrected chi connectivity index (χ4v) is 20.2. The van der Waals surface area contributed by atoms with Crippen molar-refractivity contribution in [2.45, 2.75) is 271 Å². The first kappa shape index (κ1) is 75.8. The Morgan fingerprint density at radius 2 is 0.521 bits per heavy atom. The molecule has 6 heterocycles. The molecule has 0 radical (unpaired) electrons. The van der Waals surface area contributed by atoms with Crippen LogP contribution in [0.25, 0.3) is 69.7 Å². The second kappa shape index (κ2) is 43.5. The van der Waals surface area contributed by atoms with Crippen molar-refractivity contribution >= 4 is 68.0 Å². The molecule has 0 aliphatic heterocycles. The normalized spacial score (nSPS) is 12.4. The van der Waals surface area contributed by atoms with E-state index in [4.69, 9.17) is 9.47 Å². The molecule has 0 bridgehead atoms. The van der Waals surface area contributed by atoms with E-state index >= 15 is 0 Å². The first-order chi connectivity index (χ1) is 46.2. The van der Waals surface area contributed by atoms with Crippen molar-refractivity contribution in [3.05, 3.63) is 119 Å². The summed E-state index contributed by atoms with van der Waals surface area (Å²) in [5, 5.41) is 38.5. The Bertz CT molecular complexity index is 3080. The minimum atomic E-state index is -0.897. The molecule has 6 aromatic heterocycles. The van der Waals surface area contributed by atoms with Crippen LogP contribution in [0.2, 0.25) is 0 Å². The summed E-state index contributed by atoms with van der Waals surface area (Å²) in [7, 11) is 0. The number of aryl methyl sites for hydroxylation is 4. The largest absolute Gasteiger partial charge is 0.491 e. The molecular weight excluding hydrogens is 1270 g/mol. The molecule has 6 nitrogen and oxygen atoms in total. The second-order valence-electron chi connectivity index (χ2n) is 26.4. The van der Waals surface area contributed by atoms with Gasteiger partial charge in [0.1, 0.15) is 36.9 Å². The van der Waals surface area contributed by atoms with Gasteiger partial charge in [-0.1, -0.05) is 207 Å². The van der Waals surface area contributed by atoms with Gasteiger partial charge in [0.05, 0.1) is 13.2 Å². The number of hydrogen-bond acceptors (Lipinski definition) is 12. The molecule has 8 rings (SSSR count). The molecule has 2 aromatic carbocycles. The van der Waals surface area contributed by atoms with Gasteiger partial charge in [-0.05, 0) is 182 Å². The summed E-state index contributed by atoms with van der Waals surface area (Å²) < 4.78 is 11.6. The summed E-state index contributed by atoms with van der Waals surface area (Å²) in [6.45, 7) is 8.74. The Hall–Kier alpha value is -3.92. The lowest BCUT2D eigenvalue weighted by atomic mass is 10.0. The van der Waals surface area contributed by atoms with E-state index in [1.165, 1.54) is 286 Å². The van der Waals surface area contributed by atoms with E-state index in [1.54, 1.807) is 0 Å². The number of aliphatic hydroxyl groups is 4. The van der Waals surface area contributed by atoms with E-state index in [0.29, 0.717) is 11.5 Å². The number of benzene rings is 2. The Labute approximate surface area is 591 Å². The van der Waals surface area contributed by atoms with Crippen LogP contribution in [0, 0.1) is 0 Å². The first-order valence-corrected chi connectivity index (χ1v) is 41.9. The van der Waals surface area contributed by atoms with Gasteiger partial charge in [-0.25, -0.2) is 0 Å². The number of hydrogen-bond donors (Lipinski definition) is 4. The van der Waals surface area contributed by atoms with Gasteiger partial charge < -0.3 is 29.9 Å². The van der Waals surface area contributed by atoms with Crippen LogP contribution in [-0.4, -0.2) is 59.1 Å². The maximum Gasteiger partial charge on any atom is 0.119 e. The molecule has 12 heteroatoms. The van der Waals surface area contributed by atoms with Crippen molar-refractivity contribution < 1.29 is 29.9 Å². The van der Waals surface area contributed by atoms with Crippen molar-refractivity contribution in [2.24, 2.45) is 0 Å². The predicted octanol–water partition coefficient (Wildman–Crippen LogP) is 25.9. The summed E-state index contributed by atoms with van der Waals surface area (Å²) in [6, 6.07) is 36.1. The summed E-state index contributed by atoms with van der Waals surface area (Å²) in [5.41, 5.74) is 8.36. The highest BCUT2D eigenvalue weighted by Crippen LogP contribution is 2.52. The van der Waals surface area contributed by atoms with Crippen molar-refractivity contribution in [3.63, 3.8) is 0 Å². The SMILES string of the molecule is CCCCCCCCCCc1cc(-c2cc(CCCCCCCCCC)c(-c3cc(CCCCCCCCCC)c(-c4ccc(-c5ccc(OCC(O)CO)cc5)s4)s3)s2)sc1-c1cc(CCCCCCCCCC)c(-c2ccc(-c3ccc(OCC(O)CO)cc3)s2)s1. The van der Waals surface area contributed by atoms with E-state index < -0.39 is 12.2 Å². The zero-order chi connectivity index (χ0) is 66.0. The smallest absolute Gasteiger partial charge is 0.119 e. The fraction of sp³-hybridized carbons (Fsp3) is 0.561. The molecule has 94 heavy (non-hydrogen) atoms. The minimum absolute atomic E-state index is 0.0650. The Morgan fingerprint density at radius 3 is 0.809 bits per heavy atom. The third-order valence-electron chi connectivity index (χ3n) is 18.4. The van der Waals surface area contributed by atoms with E-state index in [9.17, 15) is 20.4 Å². The molecule has 0 fully saturated rings. The van der Waals surface area contributed by atoms with E-state index in [1.807, 2.05) is 69.6 Å². The molecule has 0 spiro atoms. The second-order valence-corrected chi connectivity index (χ2v) is 32.8. The Morgan fingerprint density at radius 1 is 0.277 bits per heavy atom. The van der Waals surface area contributed by atoms with Gasteiger partial charge in [-0.2, -0.15) is 0 Å². The summed E-state index contributed by atoms with van der Waals surface area (Å²) in [5.74, 6) is 1.38. The van der Waals surface area contributed by atoms with Gasteiger partial charge in [0, 0.05) is 58.5 Å². The maximum absolute atomic E-state index is 9.91. The lowest BCUT2D eigenvalue weighted by Crippen LogP contribution is -2.21. The third kappa shape index (κ3) is 24.8. The third-order valence-corrected chi connectivity index (χ3v) is 26.3. The topological polar surface area (TPSA) is 99.4 Å². The van der Waals surface area contributed by atoms with Crippen LogP contribution >= 0.6 is 68.0 Å². The van der Waals surface area contributed by atoms with E-state index in [-0.39, 0.29) is 26.4 Å². The van der Waals surface area contributed by atoms with Crippen LogP contribution < -0.4 is 9.47 Å². The molecule has 0 amide bonds. The maximum atomic E-state index is 9.91. The summed E-state index contributed by atoms with van der Waals surface area (Å²) >= 11 is 12.0. The highest BCUT2D eigenvalue weighted by Gasteiger charge is 2.24. The summed E-state index contributed by atoms with van der Waals surface area (Å²) in [6.07, 6.45) is 44.7. The van der Waals surface area contributed by atoms with Crippen molar-refractivity contribution in [1.82, 2.24) is 0 Å². The molecule has 0 saturated carbocycles. The van der Waals surface area contributed by atoms with Gasteiger partial charge in [-0.15, -0.1) is 68.0 Å². The predicted molar refractivity (Wildman–Crippen MR) is 414 cm³/mol. The molecule has 2 unspecified atom stereocenters. The van der Waals surface area contributed by atoms with Crippen molar-refractivity contribution in [3.8, 4) is 81.2 Å². The number of thiophene rings is 6. The number of rotatable bonds is 51. The molecule has 8 aromatic rings. The van der Waals surface area contributed by atoms with Gasteiger partial charge in [0.15, 0.2) is 0 Å². The van der Waals surface area contributed by atoms with Crippen molar-refractivity contribution in [1.29, 1.82) is 0 Å². The van der Waals surface area contributed by atoms with Gasteiger partial charge in [-0.3, -0.25) is 0 Å². The Kier molecular flexibility index (Phi) is 35.1. The van der Waals surface area contributed by atoms with Crippen LogP contribution in [0.15, 0.2) is 97.1 Å².